The molecule has 0 aliphatic carbocycles. The molecule has 0 saturated heterocycles. The van der Waals surface area contributed by atoms with E-state index in [9.17, 15) is 14.9 Å². The van der Waals surface area contributed by atoms with E-state index in [1.54, 1.807) is 12.1 Å². The first-order chi connectivity index (χ1) is 10.1. The number of rotatable bonds is 3. The number of hydrogen-bond donors (Lipinski definition) is 1. The lowest BCUT2D eigenvalue weighted by Gasteiger charge is -2.01. The number of nitrogens with zero attached hydrogens (tertiary/aromatic N) is 1. The van der Waals surface area contributed by atoms with Gasteiger partial charge in [-0.05, 0) is 18.2 Å². The molecule has 0 spiro atoms. The Morgan fingerprint density at radius 1 is 1.10 bits per heavy atom. The van der Waals surface area contributed by atoms with Crippen molar-refractivity contribution in [2.24, 2.45) is 0 Å². The zero-order valence-corrected chi connectivity index (χ0v) is 10.8. The third kappa shape index (κ3) is 2.59. The largest absolute Gasteiger partial charge is 0.440 e. The minimum absolute atomic E-state index is 0.0599. The number of nitro benzene ring substituents is 1. The van der Waals surface area contributed by atoms with E-state index in [0.29, 0.717) is 17.0 Å². The summed E-state index contributed by atoms with van der Waals surface area (Å²) >= 11 is 0. The first kappa shape index (κ1) is 12.9. The number of para-hydroxylation sites is 1. The zero-order chi connectivity index (χ0) is 14.8. The van der Waals surface area contributed by atoms with Crippen LogP contribution in [0, 0.1) is 10.1 Å². The highest BCUT2D eigenvalue weighted by Crippen LogP contribution is 2.23. The molecule has 0 unspecified atom stereocenters. The first-order valence-electron chi connectivity index (χ1n) is 6.18. The molecule has 0 saturated carbocycles. The quantitative estimate of drug-likeness (QED) is 0.587. The van der Waals surface area contributed by atoms with Crippen LogP contribution in [-0.4, -0.2) is 10.8 Å². The predicted octanol–water partition coefficient (Wildman–Crippen LogP) is 3.59. The summed E-state index contributed by atoms with van der Waals surface area (Å²) in [5, 5.41) is 14.1. The summed E-state index contributed by atoms with van der Waals surface area (Å²) in [5.74, 6) is -0.0523. The van der Waals surface area contributed by atoms with E-state index in [1.165, 1.54) is 24.3 Å². The minimum Gasteiger partial charge on any atom is -0.440 e. The van der Waals surface area contributed by atoms with Crippen LogP contribution in [0.3, 0.4) is 0 Å². The molecule has 3 rings (SSSR count). The first-order valence-corrected chi connectivity index (χ1v) is 6.18. The van der Waals surface area contributed by atoms with Crippen LogP contribution < -0.4 is 5.32 Å². The van der Waals surface area contributed by atoms with Crippen molar-refractivity contribution in [3.05, 3.63) is 70.3 Å². The fraction of sp³-hybridized carbons (Fsp3) is 0. The topological polar surface area (TPSA) is 85.4 Å². The maximum atomic E-state index is 12.0. The monoisotopic (exact) mass is 282 g/mol. The Hall–Kier alpha value is -3.15. The Morgan fingerprint density at radius 3 is 2.48 bits per heavy atom. The molecule has 0 atom stereocenters. The number of amides is 1. The Morgan fingerprint density at radius 2 is 1.81 bits per heavy atom. The molecular formula is C15H10N2O4. The number of carbonyl (C=O) groups excluding carboxylic acids is 1. The molecule has 1 N–H and O–H groups in total. The summed E-state index contributed by atoms with van der Waals surface area (Å²) in [6.07, 6.45) is 0. The van der Waals surface area contributed by atoms with Gasteiger partial charge in [-0.3, -0.25) is 20.2 Å². The van der Waals surface area contributed by atoms with Crippen molar-refractivity contribution >= 4 is 28.4 Å². The molecule has 0 fully saturated rings. The lowest BCUT2D eigenvalue weighted by molar-refractivity contribution is -0.384. The molecule has 1 amide bonds. The standard InChI is InChI=1S/C15H10N2O4/c18-15(10-5-7-12(8-6-10)17(19)20)16-14-9-11-3-1-2-4-13(11)21-14/h1-9H,(H,16,18). The molecule has 0 aliphatic heterocycles. The number of nitro groups is 1. The molecule has 104 valence electrons. The number of benzene rings is 2. The second-order valence-corrected chi connectivity index (χ2v) is 4.41. The zero-order valence-electron chi connectivity index (χ0n) is 10.8. The summed E-state index contributed by atoms with van der Waals surface area (Å²) in [6.45, 7) is 0. The van der Waals surface area contributed by atoms with Crippen molar-refractivity contribution in [3.63, 3.8) is 0 Å². The fourth-order valence-electron chi connectivity index (χ4n) is 1.96. The molecule has 0 aliphatic rings. The average molecular weight is 282 g/mol. The van der Waals surface area contributed by atoms with Gasteiger partial charge in [0, 0.05) is 29.1 Å². The smallest absolute Gasteiger partial charge is 0.269 e. The molecule has 1 heterocycles. The number of carbonyl (C=O) groups is 1. The fourth-order valence-corrected chi connectivity index (χ4v) is 1.96. The van der Waals surface area contributed by atoms with E-state index in [4.69, 9.17) is 4.42 Å². The van der Waals surface area contributed by atoms with Gasteiger partial charge in [-0.1, -0.05) is 18.2 Å². The number of fused-ring (bicyclic) bond motifs is 1. The van der Waals surface area contributed by atoms with Gasteiger partial charge in [-0.15, -0.1) is 0 Å². The summed E-state index contributed by atoms with van der Waals surface area (Å²) in [5.41, 5.74) is 0.938. The molecule has 2 aromatic carbocycles. The lowest BCUT2D eigenvalue weighted by Crippen LogP contribution is -2.11. The number of nitrogens with one attached hydrogen (secondary N) is 1. The highest BCUT2D eigenvalue weighted by atomic mass is 16.6. The summed E-state index contributed by atoms with van der Waals surface area (Å²) < 4.78 is 5.48. The van der Waals surface area contributed by atoms with E-state index >= 15 is 0 Å². The molecule has 1 aromatic heterocycles. The normalized spacial score (nSPS) is 10.5. The predicted molar refractivity (Wildman–Crippen MR) is 77.3 cm³/mol. The summed E-state index contributed by atoms with van der Waals surface area (Å²) in [7, 11) is 0. The van der Waals surface area contributed by atoms with Gasteiger partial charge in [-0.25, -0.2) is 0 Å². The highest BCUT2D eigenvalue weighted by Gasteiger charge is 2.11. The van der Waals surface area contributed by atoms with E-state index in [-0.39, 0.29) is 11.6 Å². The number of hydrogen-bond acceptors (Lipinski definition) is 4. The van der Waals surface area contributed by atoms with Gasteiger partial charge in [0.05, 0.1) is 4.92 Å². The molecule has 6 heteroatoms. The molecule has 0 radical (unpaired) electrons. The van der Waals surface area contributed by atoms with Crippen LogP contribution in [0.25, 0.3) is 11.0 Å². The van der Waals surface area contributed by atoms with Gasteiger partial charge in [-0.2, -0.15) is 0 Å². The van der Waals surface area contributed by atoms with Gasteiger partial charge in [0.2, 0.25) is 5.88 Å². The highest BCUT2D eigenvalue weighted by molar-refractivity contribution is 6.04. The molecule has 3 aromatic rings. The summed E-state index contributed by atoms with van der Waals surface area (Å²) in [4.78, 5) is 22.1. The van der Waals surface area contributed by atoms with Crippen LogP contribution in [0.4, 0.5) is 11.6 Å². The molecule has 21 heavy (non-hydrogen) atoms. The van der Waals surface area contributed by atoms with Crippen molar-refractivity contribution in [1.29, 1.82) is 0 Å². The number of furan rings is 1. The second-order valence-electron chi connectivity index (χ2n) is 4.41. The lowest BCUT2D eigenvalue weighted by atomic mass is 10.2. The van der Waals surface area contributed by atoms with E-state index < -0.39 is 4.92 Å². The van der Waals surface area contributed by atoms with Gasteiger partial charge in [0.1, 0.15) is 5.58 Å². The van der Waals surface area contributed by atoms with E-state index in [1.807, 2.05) is 18.2 Å². The third-order valence-corrected chi connectivity index (χ3v) is 3.00. The summed E-state index contributed by atoms with van der Waals surface area (Å²) in [6, 6.07) is 14.5. The van der Waals surface area contributed by atoms with Crippen LogP contribution in [0.15, 0.2) is 59.0 Å². The average Bonchev–Trinajstić information content (AvgIpc) is 2.89. The molecule has 0 bridgehead atoms. The number of anilines is 1. The van der Waals surface area contributed by atoms with Crippen molar-refractivity contribution < 1.29 is 14.1 Å². The van der Waals surface area contributed by atoms with E-state index in [0.717, 1.165) is 5.39 Å². The van der Waals surface area contributed by atoms with Crippen LogP contribution in [0.5, 0.6) is 0 Å². The molecule has 6 nitrogen and oxygen atoms in total. The van der Waals surface area contributed by atoms with Crippen LogP contribution in [0.2, 0.25) is 0 Å². The van der Waals surface area contributed by atoms with Crippen molar-refractivity contribution in [3.8, 4) is 0 Å². The maximum Gasteiger partial charge on any atom is 0.269 e. The van der Waals surface area contributed by atoms with Gasteiger partial charge >= 0.3 is 0 Å². The van der Waals surface area contributed by atoms with Gasteiger partial charge in [0.15, 0.2) is 0 Å². The van der Waals surface area contributed by atoms with Crippen LogP contribution in [0.1, 0.15) is 10.4 Å². The minimum atomic E-state index is -0.513. The molecular weight excluding hydrogens is 272 g/mol. The SMILES string of the molecule is O=C(Nc1cc2ccccc2o1)c1ccc([N+](=O)[O-])cc1. The van der Waals surface area contributed by atoms with Crippen molar-refractivity contribution in [1.82, 2.24) is 0 Å². The van der Waals surface area contributed by atoms with Crippen molar-refractivity contribution in [2.45, 2.75) is 0 Å². The number of non-ortho nitro benzene ring substituents is 1. The van der Waals surface area contributed by atoms with Crippen molar-refractivity contribution in [2.75, 3.05) is 5.32 Å². The second kappa shape index (κ2) is 5.09. The van der Waals surface area contributed by atoms with Gasteiger partial charge in [0.25, 0.3) is 11.6 Å². The van der Waals surface area contributed by atoms with Crippen LogP contribution >= 0.6 is 0 Å². The van der Waals surface area contributed by atoms with Gasteiger partial charge < -0.3 is 4.42 Å². The van der Waals surface area contributed by atoms with Crippen LogP contribution in [-0.2, 0) is 0 Å². The Balaban J connectivity index is 1.80. The Kier molecular flexibility index (Phi) is 3.12. The van der Waals surface area contributed by atoms with E-state index in [2.05, 4.69) is 5.32 Å². The maximum absolute atomic E-state index is 12.0. The third-order valence-electron chi connectivity index (χ3n) is 3.00. The Bertz CT molecular complexity index is 788. The Labute approximate surface area is 119 Å².